The molecule has 0 amide bonds. The van der Waals surface area contributed by atoms with Gasteiger partial charge in [-0.3, -0.25) is 0 Å². The van der Waals surface area contributed by atoms with Crippen LogP contribution in [0.5, 0.6) is 0 Å². The van der Waals surface area contributed by atoms with E-state index in [1.54, 1.807) is 13.3 Å². The molecule has 0 saturated heterocycles. The molecule has 2 aromatic rings. The van der Waals surface area contributed by atoms with Crippen LogP contribution in [0.1, 0.15) is 24.5 Å². The lowest BCUT2D eigenvalue weighted by Crippen LogP contribution is -2.38. The van der Waals surface area contributed by atoms with Crippen molar-refractivity contribution in [1.82, 2.24) is 20.2 Å². The van der Waals surface area contributed by atoms with E-state index in [4.69, 9.17) is 9.47 Å². The molecule has 0 fully saturated rings. The second kappa shape index (κ2) is 12.9. The fraction of sp³-hybridized carbons (Fsp3) is 0.500. The third kappa shape index (κ3) is 8.70. The molecule has 7 heteroatoms. The summed E-state index contributed by atoms with van der Waals surface area (Å²) >= 11 is 0. The molecular formula is C20H31N5O2. The number of hydrogen-bond donors (Lipinski definition) is 2. The zero-order valence-corrected chi connectivity index (χ0v) is 16.4. The van der Waals surface area contributed by atoms with Gasteiger partial charge in [-0.2, -0.15) is 0 Å². The Kier molecular flexibility index (Phi) is 9.99. The molecule has 7 nitrogen and oxygen atoms in total. The van der Waals surface area contributed by atoms with Gasteiger partial charge in [-0.15, -0.1) is 0 Å². The smallest absolute Gasteiger partial charge is 0.191 e. The van der Waals surface area contributed by atoms with Crippen molar-refractivity contribution in [3.8, 4) is 0 Å². The summed E-state index contributed by atoms with van der Waals surface area (Å²) < 4.78 is 12.5. The first-order valence-electron chi connectivity index (χ1n) is 9.44. The molecule has 0 spiro atoms. The van der Waals surface area contributed by atoms with Crippen molar-refractivity contribution in [3.63, 3.8) is 0 Å². The van der Waals surface area contributed by atoms with Crippen LogP contribution in [0.15, 0.2) is 48.0 Å². The Balaban J connectivity index is 1.74. The zero-order valence-electron chi connectivity index (χ0n) is 16.4. The molecule has 1 heterocycles. The lowest BCUT2D eigenvalue weighted by atomic mass is 10.1. The molecule has 1 aromatic carbocycles. The van der Waals surface area contributed by atoms with Crippen LogP contribution in [0.3, 0.4) is 0 Å². The number of imidazole rings is 1. The van der Waals surface area contributed by atoms with Crippen molar-refractivity contribution in [1.29, 1.82) is 0 Å². The molecule has 0 aliphatic carbocycles. The highest BCUT2D eigenvalue weighted by Crippen LogP contribution is 2.07. The maximum Gasteiger partial charge on any atom is 0.191 e. The third-order valence-electron chi connectivity index (χ3n) is 3.90. The number of ether oxygens (including phenoxy) is 2. The summed E-state index contributed by atoms with van der Waals surface area (Å²) in [6.45, 7) is 7.19. The monoisotopic (exact) mass is 373 g/mol. The molecule has 2 N–H and O–H groups in total. The second-order valence-corrected chi connectivity index (χ2v) is 6.13. The number of nitrogens with one attached hydrogen (secondary N) is 2. The number of nitrogens with zero attached hydrogens (tertiary/aromatic N) is 3. The van der Waals surface area contributed by atoms with Gasteiger partial charge in [0.2, 0.25) is 0 Å². The van der Waals surface area contributed by atoms with Crippen LogP contribution in [0.25, 0.3) is 0 Å². The molecule has 0 aliphatic rings. The Morgan fingerprint density at radius 2 is 1.93 bits per heavy atom. The Morgan fingerprint density at radius 3 is 2.63 bits per heavy atom. The van der Waals surface area contributed by atoms with Crippen LogP contribution in [-0.2, 0) is 22.6 Å². The Bertz CT molecular complexity index is 641. The van der Waals surface area contributed by atoms with Crippen LogP contribution >= 0.6 is 0 Å². The third-order valence-corrected chi connectivity index (χ3v) is 3.90. The molecule has 0 bridgehead atoms. The number of guanidine groups is 1. The van der Waals surface area contributed by atoms with Gasteiger partial charge in [0.05, 0.1) is 26.1 Å². The van der Waals surface area contributed by atoms with E-state index in [9.17, 15) is 0 Å². The minimum atomic E-state index is 0.638. The normalized spacial score (nSPS) is 11.6. The molecule has 2 rings (SSSR count). The number of aromatic nitrogens is 2. The minimum absolute atomic E-state index is 0.638. The van der Waals surface area contributed by atoms with Crippen LogP contribution in [0.4, 0.5) is 0 Å². The van der Waals surface area contributed by atoms with Crippen molar-refractivity contribution in [2.45, 2.75) is 26.4 Å². The lowest BCUT2D eigenvalue weighted by Gasteiger charge is -2.11. The lowest BCUT2D eigenvalue weighted by molar-refractivity contribution is 0.0698. The molecule has 0 unspecified atom stereocenters. The quantitative estimate of drug-likeness (QED) is 0.338. The van der Waals surface area contributed by atoms with Crippen LogP contribution < -0.4 is 10.6 Å². The predicted octanol–water partition coefficient (Wildman–Crippen LogP) is 2.04. The van der Waals surface area contributed by atoms with Gasteiger partial charge < -0.3 is 24.7 Å². The highest BCUT2D eigenvalue weighted by atomic mass is 16.5. The summed E-state index contributed by atoms with van der Waals surface area (Å²) in [4.78, 5) is 8.72. The van der Waals surface area contributed by atoms with E-state index in [0.29, 0.717) is 26.4 Å². The fourth-order valence-electron chi connectivity index (χ4n) is 2.48. The maximum atomic E-state index is 5.46. The van der Waals surface area contributed by atoms with E-state index in [1.807, 2.05) is 12.5 Å². The van der Waals surface area contributed by atoms with Gasteiger partial charge in [-0.1, -0.05) is 24.3 Å². The van der Waals surface area contributed by atoms with E-state index in [-0.39, 0.29) is 0 Å². The molecule has 0 aliphatic heterocycles. The standard InChI is InChI=1S/C20H31N5O2/c1-3-22-20(23-9-4-12-27-14-13-26-2)24-15-18-5-7-19(8-6-18)16-25-11-10-21-17-25/h5-8,10-11,17H,3-4,9,12-16H2,1-2H3,(H2,22,23,24). The van der Waals surface area contributed by atoms with Gasteiger partial charge in [-0.25, -0.2) is 9.98 Å². The molecule has 1 aromatic heterocycles. The maximum absolute atomic E-state index is 5.46. The van der Waals surface area contributed by atoms with Crippen LogP contribution in [0.2, 0.25) is 0 Å². The summed E-state index contributed by atoms with van der Waals surface area (Å²) in [5, 5.41) is 6.61. The molecular weight excluding hydrogens is 342 g/mol. The summed E-state index contributed by atoms with van der Waals surface area (Å²) in [6.07, 6.45) is 6.52. The summed E-state index contributed by atoms with van der Waals surface area (Å²) in [5.74, 6) is 0.830. The predicted molar refractivity (Wildman–Crippen MR) is 108 cm³/mol. The van der Waals surface area contributed by atoms with E-state index in [1.165, 1.54) is 11.1 Å². The van der Waals surface area contributed by atoms with Crippen molar-refractivity contribution < 1.29 is 9.47 Å². The average Bonchev–Trinajstić information content (AvgIpc) is 3.19. The van der Waals surface area contributed by atoms with Crippen molar-refractivity contribution in [2.75, 3.05) is 40.0 Å². The molecule has 0 saturated carbocycles. The minimum Gasteiger partial charge on any atom is -0.382 e. The first-order chi connectivity index (χ1) is 13.3. The van der Waals surface area contributed by atoms with Crippen LogP contribution in [0, 0.1) is 0 Å². The highest BCUT2D eigenvalue weighted by molar-refractivity contribution is 5.79. The van der Waals surface area contributed by atoms with Crippen molar-refractivity contribution in [2.24, 2.45) is 4.99 Å². The van der Waals surface area contributed by atoms with E-state index < -0.39 is 0 Å². The van der Waals surface area contributed by atoms with Gasteiger partial charge in [-0.05, 0) is 24.5 Å². The number of rotatable bonds is 12. The van der Waals surface area contributed by atoms with Crippen molar-refractivity contribution >= 4 is 5.96 Å². The van der Waals surface area contributed by atoms with Gasteiger partial charge >= 0.3 is 0 Å². The highest BCUT2D eigenvalue weighted by Gasteiger charge is 1.99. The molecule has 0 atom stereocenters. The SMILES string of the molecule is CCNC(=NCc1ccc(Cn2ccnc2)cc1)NCCCOCCOC. The fourth-order valence-corrected chi connectivity index (χ4v) is 2.48. The van der Waals surface area contributed by atoms with Crippen LogP contribution in [-0.4, -0.2) is 55.5 Å². The Labute approximate surface area is 161 Å². The van der Waals surface area contributed by atoms with Crippen molar-refractivity contribution in [3.05, 3.63) is 54.1 Å². The van der Waals surface area contributed by atoms with E-state index in [0.717, 1.165) is 32.0 Å². The van der Waals surface area contributed by atoms with Gasteiger partial charge in [0.1, 0.15) is 0 Å². The zero-order chi connectivity index (χ0) is 19.2. The van der Waals surface area contributed by atoms with Gasteiger partial charge in [0.15, 0.2) is 5.96 Å². The Morgan fingerprint density at radius 1 is 1.11 bits per heavy atom. The summed E-state index contributed by atoms with van der Waals surface area (Å²) in [7, 11) is 1.68. The Hall–Kier alpha value is -2.38. The number of hydrogen-bond acceptors (Lipinski definition) is 4. The summed E-state index contributed by atoms with van der Waals surface area (Å²) in [5.41, 5.74) is 2.43. The van der Waals surface area contributed by atoms with E-state index >= 15 is 0 Å². The first kappa shape index (κ1) is 20.9. The van der Waals surface area contributed by atoms with Gasteiger partial charge in [0.25, 0.3) is 0 Å². The second-order valence-electron chi connectivity index (χ2n) is 6.13. The van der Waals surface area contributed by atoms with Gasteiger partial charge in [0, 0.05) is 45.7 Å². The molecule has 27 heavy (non-hydrogen) atoms. The van der Waals surface area contributed by atoms with E-state index in [2.05, 4.69) is 56.4 Å². The number of aliphatic imine (C=N–C) groups is 1. The largest absolute Gasteiger partial charge is 0.382 e. The average molecular weight is 374 g/mol. The first-order valence-corrected chi connectivity index (χ1v) is 9.44. The topological polar surface area (TPSA) is 72.7 Å². The molecule has 148 valence electrons. The number of benzene rings is 1. The number of methoxy groups -OCH3 is 1. The molecule has 0 radical (unpaired) electrons. The summed E-state index contributed by atoms with van der Waals surface area (Å²) in [6, 6.07) is 8.54.